The number of aromatic nitrogens is 2. The third kappa shape index (κ3) is 6.03. The zero-order valence-corrected chi connectivity index (χ0v) is 20.7. The summed E-state index contributed by atoms with van der Waals surface area (Å²) in [6, 6.07) is 8.98. The van der Waals surface area contributed by atoms with Gasteiger partial charge in [0.1, 0.15) is 12.8 Å². The van der Waals surface area contributed by atoms with Gasteiger partial charge in [-0.1, -0.05) is 65.0 Å². The molecule has 0 aliphatic carbocycles. The zero-order valence-electron chi connectivity index (χ0n) is 19.7. The minimum atomic E-state index is -1.89. The number of ether oxygens (including phenoxy) is 1. The van der Waals surface area contributed by atoms with Gasteiger partial charge in [0.2, 0.25) is 0 Å². The first-order chi connectivity index (χ1) is 14.4. The van der Waals surface area contributed by atoms with E-state index < -0.39 is 25.7 Å². The fourth-order valence-corrected chi connectivity index (χ4v) is 4.13. The van der Waals surface area contributed by atoms with Crippen molar-refractivity contribution in [3.8, 4) is 0 Å². The van der Waals surface area contributed by atoms with Crippen molar-refractivity contribution in [2.75, 3.05) is 13.2 Å². The number of H-pyrrole nitrogens is 1. The number of nitrogens with zero attached hydrogens (tertiary/aromatic N) is 1. The molecule has 1 atom stereocenters. The van der Waals surface area contributed by atoms with Gasteiger partial charge < -0.3 is 14.3 Å². The Labute approximate surface area is 185 Å². The van der Waals surface area contributed by atoms with Crippen LogP contribution in [0.25, 0.3) is 0 Å². The quantitative estimate of drug-likeness (QED) is 0.450. The van der Waals surface area contributed by atoms with Crippen LogP contribution in [-0.4, -0.2) is 36.2 Å². The lowest BCUT2D eigenvalue weighted by molar-refractivity contribution is 0.0426. The maximum absolute atomic E-state index is 12.6. The lowest BCUT2D eigenvalue weighted by Crippen LogP contribution is -2.41. The SMILES string of the molecule is CC(C)c1c(C(O)c2ccccc2)n(COCCO[Si](C)(C)C(C)(C)C)c(=O)[nH]c1=O. The molecule has 0 aliphatic rings. The smallest absolute Gasteiger partial charge is 0.330 e. The molecule has 1 heterocycles. The van der Waals surface area contributed by atoms with Crippen molar-refractivity contribution in [1.29, 1.82) is 0 Å². The number of aliphatic hydroxyl groups excluding tert-OH is 1. The van der Waals surface area contributed by atoms with E-state index >= 15 is 0 Å². The Hall–Kier alpha value is -2.00. The molecule has 1 aromatic carbocycles. The molecule has 0 bridgehead atoms. The summed E-state index contributed by atoms with van der Waals surface area (Å²) in [5, 5.41) is 11.2. The molecule has 0 saturated carbocycles. The molecule has 0 saturated heterocycles. The van der Waals surface area contributed by atoms with Crippen molar-refractivity contribution in [3.05, 3.63) is 68.0 Å². The lowest BCUT2D eigenvalue weighted by Gasteiger charge is -2.36. The van der Waals surface area contributed by atoms with E-state index in [9.17, 15) is 14.7 Å². The van der Waals surface area contributed by atoms with Gasteiger partial charge in [-0.15, -0.1) is 0 Å². The summed E-state index contributed by atoms with van der Waals surface area (Å²) in [5.41, 5.74) is 0.147. The van der Waals surface area contributed by atoms with Gasteiger partial charge >= 0.3 is 5.69 Å². The molecule has 2 aromatic rings. The summed E-state index contributed by atoms with van der Waals surface area (Å²) in [4.78, 5) is 27.5. The number of hydrogen-bond acceptors (Lipinski definition) is 5. The molecule has 1 unspecified atom stereocenters. The highest BCUT2D eigenvalue weighted by atomic mass is 28.4. The van der Waals surface area contributed by atoms with Crippen LogP contribution in [0.2, 0.25) is 18.1 Å². The van der Waals surface area contributed by atoms with E-state index in [0.717, 1.165) is 0 Å². The average Bonchev–Trinajstić information content (AvgIpc) is 2.67. The predicted octanol–water partition coefficient (Wildman–Crippen LogP) is 3.74. The average molecular weight is 449 g/mol. The Morgan fingerprint density at radius 3 is 2.26 bits per heavy atom. The van der Waals surface area contributed by atoms with Gasteiger partial charge in [-0.3, -0.25) is 14.3 Å². The fraction of sp³-hybridized carbons (Fsp3) is 0.565. The van der Waals surface area contributed by atoms with E-state index in [1.165, 1.54) is 4.57 Å². The number of aromatic amines is 1. The Morgan fingerprint density at radius 2 is 1.71 bits per heavy atom. The molecule has 1 aromatic heterocycles. The number of benzene rings is 1. The molecule has 2 rings (SSSR count). The third-order valence-electron chi connectivity index (χ3n) is 5.95. The van der Waals surface area contributed by atoms with Crippen molar-refractivity contribution in [3.63, 3.8) is 0 Å². The summed E-state index contributed by atoms with van der Waals surface area (Å²) < 4.78 is 13.2. The van der Waals surface area contributed by atoms with Crippen molar-refractivity contribution in [1.82, 2.24) is 9.55 Å². The van der Waals surface area contributed by atoms with Crippen molar-refractivity contribution >= 4 is 8.32 Å². The van der Waals surface area contributed by atoms with Crippen LogP contribution in [0.3, 0.4) is 0 Å². The lowest BCUT2D eigenvalue weighted by atomic mass is 9.96. The molecule has 8 heteroatoms. The Morgan fingerprint density at radius 1 is 1.10 bits per heavy atom. The van der Waals surface area contributed by atoms with Crippen LogP contribution in [0, 0.1) is 0 Å². The molecular weight excluding hydrogens is 412 g/mol. The minimum absolute atomic E-state index is 0.0879. The van der Waals surface area contributed by atoms with Gasteiger partial charge in [0.15, 0.2) is 8.32 Å². The molecule has 172 valence electrons. The summed E-state index contributed by atoms with van der Waals surface area (Å²) in [5.74, 6) is -0.189. The maximum atomic E-state index is 12.6. The number of rotatable bonds is 9. The second kappa shape index (κ2) is 10.1. The molecular formula is C23H36N2O5Si. The Kier molecular flexibility index (Phi) is 8.21. The molecule has 31 heavy (non-hydrogen) atoms. The van der Waals surface area contributed by atoms with Crippen LogP contribution in [0.1, 0.15) is 63.5 Å². The summed E-state index contributed by atoms with van der Waals surface area (Å²) in [6.07, 6.45) is -1.12. The first kappa shape index (κ1) is 25.3. The number of aliphatic hydroxyl groups is 1. The summed E-state index contributed by atoms with van der Waals surface area (Å²) >= 11 is 0. The first-order valence-electron chi connectivity index (χ1n) is 10.7. The highest BCUT2D eigenvalue weighted by Crippen LogP contribution is 2.36. The molecule has 7 nitrogen and oxygen atoms in total. The van der Waals surface area contributed by atoms with E-state index in [0.29, 0.717) is 24.3 Å². The van der Waals surface area contributed by atoms with E-state index in [-0.39, 0.29) is 23.4 Å². The van der Waals surface area contributed by atoms with Gasteiger partial charge in [-0.2, -0.15) is 0 Å². The molecule has 0 spiro atoms. The summed E-state index contributed by atoms with van der Waals surface area (Å²) in [6.45, 7) is 15.2. The normalized spacial score (nSPS) is 13.6. The third-order valence-corrected chi connectivity index (χ3v) is 10.5. The Bertz CT molecular complexity index is 974. The largest absolute Gasteiger partial charge is 0.414 e. The second-order valence-electron chi connectivity index (χ2n) is 9.60. The topological polar surface area (TPSA) is 93.6 Å². The first-order valence-corrected chi connectivity index (χ1v) is 13.6. The van der Waals surface area contributed by atoms with Crippen molar-refractivity contribution in [2.24, 2.45) is 0 Å². The predicted molar refractivity (Wildman–Crippen MR) is 125 cm³/mol. The monoisotopic (exact) mass is 448 g/mol. The van der Waals surface area contributed by atoms with Crippen molar-refractivity contribution in [2.45, 2.75) is 71.5 Å². The van der Waals surface area contributed by atoms with Gasteiger partial charge in [0.05, 0.1) is 18.9 Å². The fourth-order valence-electron chi connectivity index (χ4n) is 3.11. The van der Waals surface area contributed by atoms with Crippen LogP contribution in [-0.2, 0) is 15.9 Å². The van der Waals surface area contributed by atoms with Crippen molar-refractivity contribution < 1.29 is 14.3 Å². The zero-order chi connectivity index (χ0) is 23.4. The minimum Gasteiger partial charge on any atom is -0.414 e. The highest BCUT2D eigenvalue weighted by molar-refractivity contribution is 6.74. The molecule has 0 radical (unpaired) electrons. The molecule has 2 N–H and O–H groups in total. The highest BCUT2D eigenvalue weighted by Gasteiger charge is 2.36. The number of hydrogen-bond donors (Lipinski definition) is 2. The van der Waals surface area contributed by atoms with Crippen LogP contribution >= 0.6 is 0 Å². The molecule has 0 fully saturated rings. The van der Waals surface area contributed by atoms with Crippen LogP contribution in [0.5, 0.6) is 0 Å². The van der Waals surface area contributed by atoms with E-state index in [4.69, 9.17) is 9.16 Å². The van der Waals surface area contributed by atoms with E-state index in [1.807, 2.05) is 19.9 Å². The van der Waals surface area contributed by atoms with Gasteiger partial charge in [0.25, 0.3) is 5.56 Å². The van der Waals surface area contributed by atoms with Gasteiger partial charge in [-0.25, -0.2) is 4.79 Å². The van der Waals surface area contributed by atoms with Gasteiger partial charge in [-0.05, 0) is 29.6 Å². The van der Waals surface area contributed by atoms with Crippen LogP contribution in [0.15, 0.2) is 39.9 Å². The standard InChI is InChI=1S/C23H36N2O5Si/c1-16(2)18-19(20(26)17-11-9-8-10-12-17)25(22(28)24-21(18)27)15-29-13-14-30-31(6,7)23(3,4)5/h8-12,16,20,26H,13-15H2,1-7H3,(H,24,27,28). The van der Waals surface area contributed by atoms with E-state index in [1.54, 1.807) is 24.3 Å². The van der Waals surface area contributed by atoms with Crippen LogP contribution < -0.4 is 11.2 Å². The summed E-state index contributed by atoms with van der Waals surface area (Å²) in [7, 11) is -1.89. The van der Waals surface area contributed by atoms with Gasteiger partial charge in [0, 0.05) is 5.56 Å². The molecule has 0 aliphatic heterocycles. The second-order valence-corrected chi connectivity index (χ2v) is 14.4. The Balaban J connectivity index is 2.28. The molecule has 0 amide bonds. The van der Waals surface area contributed by atoms with E-state index in [2.05, 4.69) is 38.8 Å². The van der Waals surface area contributed by atoms with Crippen LogP contribution in [0.4, 0.5) is 0 Å². The maximum Gasteiger partial charge on any atom is 0.330 e. The number of nitrogens with one attached hydrogen (secondary N) is 1.